The second-order valence-electron chi connectivity index (χ2n) is 2.73. The Morgan fingerprint density at radius 2 is 2.31 bits per heavy atom. The fourth-order valence-corrected chi connectivity index (χ4v) is 1.09. The lowest BCUT2D eigenvalue weighted by Crippen LogP contribution is -2.16. The number of hydrogen-bond acceptors (Lipinski definition) is 4. The predicted octanol–water partition coefficient (Wildman–Crippen LogP) is 2.32. The largest absolute Gasteiger partial charge is 0.465 e. The van der Waals surface area contributed by atoms with E-state index in [-0.39, 0.29) is 11.2 Å². The first-order chi connectivity index (χ1) is 6.22. The molecular formula is C9H15NO2S. The molecule has 0 aromatic carbocycles. The zero-order chi connectivity index (χ0) is 10.1. The summed E-state index contributed by atoms with van der Waals surface area (Å²) in [5, 5.41) is 9.80. The van der Waals surface area contributed by atoms with Crippen molar-refractivity contribution < 1.29 is 9.53 Å². The molecule has 0 saturated heterocycles. The highest BCUT2D eigenvalue weighted by Crippen LogP contribution is 2.09. The van der Waals surface area contributed by atoms with Crippen LogP contribution >= 0.6 is 11.8 Å². The van der Waals surface area contributed by atoms with E-state index in [1.807, 2.05) is 5.40 Å². The quantitative estimate of drug-likeness (QED) is 0.376. The molecule has 0 unspecified atom stereocenters. The second kappa shape index (κ2) is 7.93. The van der Waals surface area contributed by atoms with Gasteiger partial charge in [0.1, 0.15) is 10.7 Å². The molecule has 0 heterocycles. The highest BCUT2D eigenvalue weighted by molar-refractivity contribution is 8.04. The Labute approximate surface area is 83.4 Å². The van der Waals surface area contributed by atoms with Gasteiger partial charge in [0.25, 0.3) is 0 Å². The van der Waals surface area contributed by atoms with Gasteiger partial charge in [-0.05, 0) is 25.1 Å². The molecular weight excluding hydrogens is 186 g/mol. The van der Waals surface area contributed by atoms with Gasteiger partial charge in [-0.1, -0.05) is 19.8 Å². The van der Waals surface area contributed by atoms with E-state index in [1.165, 1.54) is 0 Å². The van der Waals surface area contributed by atoms with E-state index in [9.17, 15) is 4.79 Å². The van der Waals surface area contributed by atoms with Gasteiger partial charge in [-0.15, -0.1) is 0 Å². The van der Waals surface area contributed by atoms with Crippen molar-refractivity contribution in [3.8, 4) is 5.40 Å². The van der Waals surface area contributed by atoms with Crippen LogP contribution in [0, 0.1) is 10.7 Å². The molecule has 0 aromatic heterocycles. The van der Waals surface area contributed by atoms with E-state index in [0.29, 0.717) is 6.61 Å². The molecule has 4 heteroatoms. The summed E-state index contributed by atoms with van der Waals surface area (Å²) in [5.74, 6) is -0.289. The van der Waals surface area contributed by atoms with Crippen LogP contribution < -0.4 is 0 Å². The predicted molar refractivity (Wildman–Crippen MR) is 53.2 cm³/mol. The molecule has 74 valence electrons. The maximum Gasteiger partial charge on any atom is 0.319 e. The number of rotatable bonds is 6. The lowest BCUT2D eigenvalue weighted by Gasteiger charge is -2.06. The molecule has 0 aliphatic carbocycles. The highest BCUT2D eigenvalue weighted by atomic mass is 32.2. The van der Waals surface area contributed by atoms with Crippen molar-refractivity contribution in [1.82, 2.24) is 0 Å². The number of carbonyl (C=O) groups excluding carboxylic acids is 1. The average molecular weight is 201 g/mol. The monoisotopic (exact) mass is 201 g/mol. The highest BCUT2D eigenvalue weighted by Gasteiger charge is 2.13. The van der Waals surface area contributed by atoms with Crippen molar-refractivity contribution in [3.05, 3.63) is 0 Å². The Hall–Kier alpha value is -0.690. The Bertz CT molecular complexity index is 189. The minimum atomic E-state index is -0.369. The Morgan fingerprint density at radius 3 is 2.85 bits per heavy atom. The number of thiocyanates is 1. The number of hydrogen-bond donors (Lipinski definition) is 0. The van der Waals surface area contributed by atoms with Crippen LogP contribution in [0.1, 0.15) is 33.1 Å². The van der Waals surface area contributed by atoms with Gasteiger partial charge >= 0.3 is 5.97 Å². The van der Waals surface area contributed by atoms with E-state index >= 15 is 0 Å². The van der Waals surface area contributed by atoms with Gasteiger partial charge in [-0.2, -0.15) is 5.26 Å². The topological polar surface area (TPSA) is 50.1 Å². The number of nitrogens with zero attached hydrogens (tertiary/aromatic N) is 1. The molecule has 13 heavy (non-hydrogen) atoms. The zero-order valence-corrected chi connectivity index (χ0v) is 8.89. The molecule has 0 N–H and O–H groups in total. The van der Waals surface area contributed by atoms with Gasteiger partial charge in [0.2, 0.25) is 0 Å². The fourth-order valence-electron chi connectivity index (χ4n) is 0.769. The Kier molecular flexibility index (Phi) is 7.51. The van der Waals surface area contributed by atoms with Crippen molar-refractivity contribution >= 4 is 17.7 Å². The minimum absolute atomic E-state index is 0.289. The third kappa shape index (κ3) is 6.47. The summed E-state index contributed by atoms with van der Waals surface area (Å²) in [7, 11) is 0. The van der Waals surface area contributed by atoms with Crippen LogP contribution in [0.15, 0.2) is 0 Å². The molecule has 0 spiro atoms. The normalized spacial score (nSPS) is 11.8. The molecule has 0 bridgehead atoms. The summed E-state index contributed by atoms with van der Waals surface area (Å²) in [6, 6.07) is 0. The summed E-state index contributed by atoms with van der Waals surface area (Å²) >= 11 is 0.934. The number of thioether (sulfide) groups is 1. The molecule has 0 aromatic rings. The molecule has 1 atom stereocenters. The van der Waals surface area contributed by atoms with Gasteiger partial charge in [0.15, 0.2) is 0 Å². The van der Waals surface area contributed by atoms with Crippen molar-refractivity contribution in [2.45, 2.75) is 38.4 Å². The summed E-state index contributed by atoms with van der Waals surface area (Å²) in [5.41, 5.74) is 0. The van der Waals surface area contributed by atoms with Gasteiger partial charge < -0.3 is 4.74 Å². The molecule has 0 radical (unpaired) electrons. The molecule has 0 saturated carbocycles. The van der Waals surface area contributed by atoms with Crippen LogP contribution in [0.2, 0.25) is 0 Å². The van der Waals surface area contributed by atoms with Crippen molar-refractivity contribution in [3.63, 3.8) is 0 Å². The van der Waals surface area contributed by atoms with Crippen LogP contribution in [0.5, 0.6) is 0 Å². The lowest BCUT2D eigenvalue weighted by atomic mass is 10.3. The van der Waals surface area contributed by atoms with Crippen LogP contribution in [0.25, 0.3) is 0 Å². The first-order valence-electron chi connectivity index (χ1n) is 4.43. The number of unbranched alkanes of at least 4 members (excludes halogenated alkanes) is 2. The number of nitriles is 1. The lowest BCUT2D eigenvalue weighted by molar-refractivity contribution is -0.142. The van der Waals surface area contributed by atoms with Crippen molar-refractivity contribution in [2.75, 3.05) is 6.61 Å². The summed E-state index contributed by atoms with van der Waals surface area (Å²) in [4.78, 5) is 11.1. The van der Waals surface area contributed by atoms with Gasteiger partial charge in [-0.25, -0.2) is 0 Å². The maximum atomic E-state index is 11.1. The molecule has 0 fully saturated rings. The third-order valence-corrected chi connectivity index (χ3v) is 2.21. The van der Waals surface area contributed by atoms with Gasteiger partial charge in [0.05, 0.1) is 6.61 Å². The zero-order valence-electron chi connectivity index (χ0n) is 8.08. The third-order valence-electron chi connectivity index (χ3n) is 1.55. The van der Waals surface area contributed by atoms with Crippen molar-refractivity contribution in [1.29, 1.82) is 5.26 Å². The summed E-state index contributed by atoms with van der Waals surface area (Å²) in [6.45, 7) is 4.25. The fraction of sp³-hybridized carbons (Fsp3) is 0.778. The van der Waals surface area contributed by atoms with E-state index in [4.69, 9.17) is 10.00 Å². The summed E-state index contributed by atoms with van der Waals surface area (Å²) < 4.78 is 4.95. The van der Waals surface area contributed by atoms with E-state index in [0.717, 1.165) is 31.0 Å². The maximum absolute atomic E-state index is 11.1. The van der Waals surface area contributed by atoms with Crippen LogP contribution in [0.3, 0.4) is 0 Å². The Morgan fingerprint density at radius 1 is 1.62 bits per heavy atom. The average Bonchev–Trinajstić information content (AvgIpc) is 2.12. The first kappa shape index (κ1) is 12.3. The van der Waals surface area contributed by atoms with Crippen molar-refractivity contribution in [2.24, 2.45) is 0 Å². The van der Waals surface area contributed by atoms with Crippen LogP contribution in [0.4, 0.5) is 0 Å². The number of carbonyl (C=O) groups is 1. The molecule has 0 aliphatic heterocycles. The van der Waals surface area contributed by atoms with Crippen LogP contribution in [-0.4, -0.2) is 17.8 Å². The smallest absolute Gasteiger partial charge is 0.319 e. The summed E-state index contributed by atoms with van der Waals surface area (Å²) in [6.07, 6.45) is 3.10. The second-order valence-corrected chi connectivity index (χ2v) is 3.85. The standard InChI is InChI=1S/C9H15NO2S/c1-3-4-5-6-12-9(11)8(2)13-7-10/h8H,3-6H2,1-2H3/t8-/m0/s1. The van der Waals surface area contributed by atoms with Gasteiger partial charge in [0, 0.05) is 0 Å². The number of ether oxygens (including phenoxy) is 1. The Balaban J connectivity index is 3.45. The van der Waals surface area contributed by atoms with Gasteiger partial charge in [-0.3, -0.25) is 4.79 Å². The van der Waals surface area contributed by atoms with E-state index < -0.39 is 0 Å². The first-order valence-corrected chi connectivity index (χ1v) is 5.31. The van der Waals surface area contributed by atoms with E-state index in [2.05, 4.69) is 6.92 Å². The molecule has 0 rings (SSSR count). The number of esters is 1. The molecule has 0 aliphatic rings. The SMILES string of the molecule is CCCCCOC(=O)[C@H](C)SC#N. The van der Waals surface area contributed by atoms with Crippen LogP contribution in [-0.2, 0) is 9.53 Å². The molecule has 3 nitrogen and oxygen atoms in total. The van der Waals surface area contributed by atoms with E-state index in [1.54, 1.807) is 6.92 Å². The molecule has 0 amide bonds. The minimum Gasteiger partial charge on any atom is -0.465 e.